The summed E-state index contributed by atoms with van der Waals surface area (Å²) in [5.41, 5.74) is 9.08. The number of nitrogens with two attached hydrogens (primary N) is 1. The third-order valence-electron chi connectivity index (χ3n) is 4.08. The first kappa shape index (κ1) is 14.6. The minimum atomic E-state index is 0.784. The Hall–Kier alpha value is -1.33. The molecule has 112 valence electrons. The number of anilines is 2. The molecule has 2 heterocycles. The molecule has 1 fully saturated rings. The number of rotatable bonds is 3. The lowest BCUT2D eigenvalue weighted by atomic mass is 10.1. The van der Waals surface area contributed by atoms with Crippen molar-refractivity contribution in [1.29, 1.82) is 0 Å². The molecule has 4 nitrogen and oxygen atoms in total. The number of hydrogen-bond donors (Lipinski definition) is 1. The second-order valence-electron chi connectivity index (χ2n) is 5.55. The minimum absolute atomic E-state index is 0.784. The number of aromatic nitrogens is 1. The molecule has 1 aliphatic rings. The maximum Gasteiger partial charge on any atom is 0.0956 e. The normalized spacial score (nSPS) is 16.6. The summed E-state index contributed by atoms with van der Waals surface area (Å²) in [7, 11) is 0. The van der Waals surface area contributed by atoms with E-state index < -0.39 is 0 Å². The molecule has 0 amide bonds. The number of piperazine rings is 1. The Morgan fingerprint density at radius 2 is 2.00 bits per heavy atom. The molecule has 0 saturated carbocycles. The van der Waals surface area contributed by atoms with Gasteiger partial charge in [0.25, 0.3) is 0 Å². The lowest BCUT2D eigenvalue weighted by Crippen LogP contribution is -2.46. The van der Waals surface area contributed by atoms with Crippen molar-refractivity contribution in [2.45, 2.75) is 13.3 Å². The zero-order chi connectivity index (χ0) is 14.8. The van der Waals surface area contributed by atoms with Gasteiger partial charge in [-0.1, -0.05) is 6.92 Å². The first-order valence-corrected chi connectivity index (χ1v) is 8.29. The third kappa shape index (κ3) is 2.99. The van der Waals surface area contributed by atoms with Crippen LogP contribution in [0.1, 0.15) is 13.3 Å². The van der Waals surface area contributed by atoms with Crippen molar-refractivity contribution >= 4 is 38.2 Å². The van der Waals surface area contributed by atoms with Crippen LogP contribution in [0.5, 0.6) is 0 Å². The van der Waals surface area contributed by atoms with E-state index in [0.717, 1.165) is 47.2 Å². The summed E-state index contributed by atoms with van der Waals surface area (Å²) < 4.78 is 0.964. The predicted octanol–water partition coefficient (Wildman–Crippen LogP) is 3.11. The molecule has 1 aromatic carbocycles. The monoisotopic (exact) mass is 348 g/mol. The van der Waals surface area contributed by atoms with E-state index in [1.807, 2.05) is 12.3 Å². The second-order valence-corrected chi connectivity index (χ2v) is 6.47. The van der Waals surface area contributed by atoms with E-state index in [2.05, 4.69) is 49.8 Å². The fourth-order valence-electron chi connectivity index (χ4n) is 2.98. The molecule has 0 radical (unpaired) electrons. The Kier molecular flexibility index (Phi) is 4.31. The number of hydrogen-bond acceptors (Lipinski definition) is 4. The quantitative estimate of drug-likeness (QED) is 0.865. The Morgan fingerprint density at radius 1 is 1.24 bits per heavy atom. The van der Waals surface area contributed by atoms with Gasteiger partial charge in [-0.3, -0.25) is 9.88 Å². The number of nitrogens with zero attached hydrogens (tertiary/aromatic N) is 3. The van der Waals surface area contributed by atoms with Crippen LogP contribution in [0.3, 0.4) is 0 Å². The van der Waals surface area contributed by atoms with Gasteiger partial charge in [0.15, 0.2) is 0 Å². The van der Waals surface area contributed by atoms with Gasteiger partial charge in [-0.05, 0) is 47.1 Å². The summed E-state index contributed by atoms with van der Waals surface area (Å²) in [6.07, 6.45) is 3.07. The molecule has 1 saturated heterocycles. The molecule has 1 aliphatic heterocycles. The number of benzene rings is 1. The molecule has 3 rings (SSSR count). The van der Waals surface area contributed by atoms with Gasteiger partial charge in [-0.25, -0.2) is 0 Å². The highest BCUT2D eigenvalue weighted by molar-refractivity contribution is 9.10. The van der Waals surface area contributed by atoms with Crippen LogP contribution in [-0.2, 0) is 0 Å². The van der Waals surface area contributed by atoms with Crippen molar-refractivity contribution in [1.82, 2.24) is 9.88 Å². The molecule has 2 aromatic rings. The number of fused-ring (bicyclic) bond motifs is 1. The largest absolute Gasteiger partial charge is 0.398 e. The summed E-state index contributed by atoms with van der Waals surface area (Å²) in [6, 6.07) is 6.15. The molecule has 21 heavy (non-hydrogen) atoms. The highest BCUT2D eigenvalue weighted by Gasteiger charge is 2.19. The van der Waals surface area contributed by atoms with Crippen LogP contribution in [0.15, 0.2) is 28.9 Å². The van der Waals surface area contributed by atoms with Crippen LogP contribution in [0.25, 0.3) is 10.9 Å². The van der Waals surface area contributed by atoms with Crippen LogP contribution in [0.4, 0.5) is 11.4 Å². The van der Waals surface area contributed by atoms with Crippen LogP contribution in [0.2, 0.25) is 0 Å². The van der Waals surface area contributed by atoms with Crippen molar-refractivity contribution in [2.24, 2.45) is 0 Å². The topological polar surface area (TPSA) is 45.4 Å². The molecule has 0 aliphatic carbocycles. The average molecular weight is 349 g/mol. The van der Waals surface area contributed by atoms with E-state index in [4.69, 9.17) is 5.73 Å². The van der Waals surface area contributed by atoms with Crippen LogP contribution in [0, 0.1) is 0 Å². The van der Waals surface area contributed by atoms with Gasteiger partial charge in [0.2, 0.25) is 0 Å². The van der Waals surface area contributed by atoms with Gasteiger partial charge in [-0.2, -0.15) is 0 Å². The molecule has 1 aromatic heterocycles. The van der Waals surface area contributed by atoms with Crippen molar-refractivity contribution < 1.29 is 0 Å². The fraction of sp³-hybridized carbons (Fsp3) is 0.438. The van der Waals surface area contributed by atoms with Gasteiger partial charge in [0.05, 0.1) is 11.2 Å². The first-order chi connectivity index (χ1) is 10.2. The predicted molar refractivity (Wildman–Crippen MR) is 92.8 cm³/mol. The average Bonchev–Trinajstić information content (AvgIpc) is 2.50. The standard InChI is InChI=1S/C16H21BrN4/c1-2-5-20-6-8-21(9-7-20)15-4-3-14(18)13-10-12(17)11-19-16(13)15/h3-4,10-11H,2,5-9,18H2,1H3. The highest BCUT2D eigenvalue weighted by atomic mass is 79.9. The van der Waals surface area contributed by atoms with Crippen molar-refractivity contribution in [3.8, 4) is 0 Å². The summed E-state index contributed by atoms with van der Waals surface area (Å²) >= 11 is 3.47. The van der Waals surface area contributed by atoms with Crippen LogP contribution in [-0.4, -0.2) is 42.6 Å². The molecule has 2 N–H and O–H groups in total. The van der Waals surface area contributed by atoms with Crippen molar-refractivity contribution in [2.75, 3.05) is 43.4 Å². The first-order valence-electron chi connectivity index (χ1n) is 7.50. The van der Waals surface area contributed by atoms with Crippen LogP contribution >= 0.6 is 15.9 Å². The van der Waals surface area contributed by atoms with Gasteiger partial charge in [0.1, 0.15) is 0 Å². The van der Waals surface area contributed by atoms with Gasteiger partial charge in [0, 0.05) is 47.9 Å². The van der Waals surface area contributed by atoms with Crippen molar-refractivity contribution in [3.63, 3.8) is 0 Å². The van der Waals surface area contributed by atoms with E-state index >= 15 is 0 Å². The van der Waals surface area contributed by atoms with E-state index in [-0.39, 0.29) is 0 Å². The number of pyridine rings is 1. The SMILES string of the molecule is CCCN1CCN(c2ccc(N)c3cc(Br)cnc23)CC1. The lowest BCUT2D eigenvalue weighted by molar-refractivity contribution is 0.258. The number of nitrogen functional groups attached to an aromatic ring is 1. The highest BCUT2D eigenvalue weighted by Crippen LogP contribution is 2.31. The Morgan fingerprint density at radius 3 is 2.71 bits per heavy atom. The molecule has 5 heteroatoms. The second kappa shape index (κ2) is 6.20. The Balaban J connectivity index is 1.90. The molecule has 0 spiro atoms. The maximum absolute atomic E-state index is 6.10. The summed E-state index contributed by atoms with van der Waals surface area (Å²) in [4.78, 5) is 9.54. The van der Waals surface area contributed by atoms with Gasteiger partial charge >= 0.3 is 0 Å². The molecule has 0 bridgehead atoms. The smallest absolute Gasteiger partial charge is 0.0956 e. The van der Waals surface area contributed by atoms with Gasteiger partial charge < -0.3 is 10.6 Å². The van der Waals surface area contributed by atoms with E-state index in [1.54, 1.807) is 0 Å². The third-order valence-corrected chi connectivity index (χ3v) is 4.52. The molecule has 0 unspecified atom stereocenters. The Labute approximate surface area is 134 Å². The zero-order valence-corrected chi connectivity index (χ0v) is 13.9. The molecular formula is C16H21BrN4. The van der Waals surface area contributed by atoms with E-state index in [0.29, 0.717) is 0 Å². The lowest BCUT2D eigenvalue weighted by Gasteiger charge is -2.36. The Bertz CT molecular complexity index is 635. The minimum Gasteiger partial charge on any atom is -0.398 e. The zero-order valence-electron chi connectivity index (χ0n) is 12.3. The molecule has 0 atom stereocenters. The van der Waals surface area contributed by atoms with E-state index in [9.17, 15) is 0 Å². The number of halogens is 1. The summed E-state index contributed by atoms with van der Waals surface area (Å²) in [5, 5.41) is 1.03. The summed E-state index contributed by atoms with van der Waals surface area (Å²) in [5.74, 6) is 0. The fourth-order valence-corrected chi connectivity index (χ4v) is 3.32. The van der Waals surface area contributed by atoms with E-state index in [1.165, 1.54) is 18.7 Å². The maximum atomic E-state index is 6.10. The van der Waals surface area contributed by atoms with Crippen molar-refractivity contribution in [3.05, 3.63) is 28.9 Å². The summed E-state index contributed by atoms with van der Waals surface area (Å²) in [6.45, 7) is 7.78. The van der Waals surface area contributed by atoms with Gasteiger partial charge in [-0.15, -0.1) is 0 Å². The molecular weight excluding hydrogens is 328 g/mol. The van der Waals surface area contributed by atoms with Crippen LogP contribution < -0.4 is 10.6 Å².